The molecule has 390 valence electrons. The van der Waals surface area contributed by atoms with Crippen molar-refractivity contribution in [2.24, 2.45) is 9.98 Å². The largest absolute Gasteiger partial charge is 0.494 e. The monoisotopic (exact) mass is 998 g/mol. The lowest BCUT2D eigenvalue weighted by Gasteiger charge is -2.19. The summed E-state index contributed by atoms with van der Waals surface area (Å²) in [6, 6.07) is 44.9. The maximum absolute atomic E-state index is 12.8. The number of ether oxygens (including phenoxy) is 4. The van der Waals surface area contributed by atoms with Crippen LogP contribution in [-0.2, 0) is 0 Å². The molecule has 0 atom stereocenters. The van der Waals surface area contributed by atoms with Crippen LogP contribution in [0.2, 0.25) is 0 Å². The van der Waals surface area contributed by atoms with Crippen molar-refractivity contribution in [3.05, 3.63) is 168 Å². The highest BCUT2D eigenvalue weighted by molar-refractivity contribution is 5.92. The van der Waals surface area contributed by atoms with Gasteiger partial charge in [-0.3, -0.25) is 9.98 Å². The number of anilines is 2. The normalized spacial score (nSPS) is 11.3. The van der Waals surface area contributed by atoms with E-state index in [-0.39, 0.29) is 0 Å². The average Bonchev–Trinajstić information content (AvgIpc) is 3.44. The lowest BCUT2D eigenvalue weighted by atomic mass is 10.1. The third-order valence-electron chi connectivity index (χ3n) is 13.1. The quantitative estimate of drug-likeness (QED) is 0.0172. The molecule has 0 heterocycles. The SMILES string of the molecule is CCCCCCCCCCCCOc1ccc(C(=O)Oc2ccc(N=Cc3ccc(N(C)c4ccc(C=Nc5ccc(OC(=O)c6ccc(OCCCCCCCCCCCC)cc6)cc5)cc4)cc3)cc2)cc1. The van der Waals surface area contributed by atoms with Gasteiger partial charge in [-0.2, -0.15) is 0 Å². The van der Waals surface area contributed by atoms with E-state index in [0.717, 1.165) is 58.2 Å². The summed E-state index contributed by atoms with van der Waals surface area (Å²) >= 11 is 0. The van der Waals surface area contributed by atoms with E-state index in [1.807, 2.05) is 92.3 Å². The summed E-state index contributed by atoms with van der Waals surface area (Å²) < 4.78 is 23.1. The fraction of sp³-hybridized carbons (Fsp3) is 0.385. The fourth-order valence-corrected chi connectivity index (χ4v) is 8.48. The van der Waals surface area contributed by atoms with E-state index in [9.17, 15) is 9.59 Å². The predicted molar refractivity (Wildman–Crippen MR) is 306 cm³/mol. The summed E-state index contributed by atoms with van der Waals surface area (Å²) in [5.74, 6) is 1.58. The van der Waals surface area contributed by atoms with E-state index >= 15 is 0 Å². The van der Waals surface area contributed by atoms with Crippen LogP contribution < -0.4 is 23.8 Å². The summed E-state index contributed by atoms with van der Waals surface area (Å²) in [6.45, 7) is 5.88. The Morgan fingerprint density at radius 2 is 0.676 bits per heavy atom. The van der Waals surface area contributed by atoms with E-state index in [2.05, 4.69) is 53.0 Å². The van der Waals surface area contributed by atoms with Gasteiger partial charge in [-0.05, 0) is 145 Å². The van der Waals surface area contributed by atoms with Crippen molar-refractivity contribution in [1.29, 1.82) is 0 Å². The Bertz CT molecular complexity index is 2370. The van der Waals surface area contributed by atoms with Gasteiger partial charge in [0.15, 0.2) is 0 Å². The van der Waals surface area contributed by atoms with Gasteiger partial charge in [0, 0.05) is 30.9 Å². The highest BCUT2D eigenvalue weighted by Gasteiger charge is 2.11. The molecule has 0 aromatic heterocycles. The number of esters is 2. The first-order valence-electron chi connectivity index (χ1n) is 27.5. The van der Waals surface area contributed by atoms with Crippen molar-refractivity contribution in [2.75, 3.05) is 25.2 Å². The van der Waals surface area contributed by atoms with Gasteiger partial charge in [-0.15, -0.1) is 0 Å². The Morgan fingerprint density at radius 3 is 1.00 bits per heavy atom. The summed E-state index contributed by atoms with van der Waals surface area (Å²) in [5.41, 5.74) is 6.40. The molecule has 0 saturated carbocycles. The van der Waals surface area contributed by atoms with Crippen LogP contribution in [-0.4, -0.2) is 44.6 Å². The van der Waals surface area contributed by atoms with Crippen LogP contribution in [0.4, 0.5) is 22.7 Å². The molecule has 0 fully saturated rings. The van der Waals surface area contributed by atoms with Crippen molar-refractivity contribution in [1.82, 2.24) is 0 Å². The molecule has 0 bridgehead atoms. The molecule has 0 spiro atoms. The number of unbranched alkanes of at least 4 members (excludes halogenated alkanes) is 18. The third-order valence-corrected chi connectivity index (χ3v) is 13.1. The van der Waals surface area contributed by atoms with Crippen molar-refractivity contribution in [3.8, 4) is 23.0 Å². The minimum atomic E-state index is -0.420. The molecule has 74 heavy (non-hydrogen) atoms. The molecule has 0 saturated heterocycles. The number of hydrogen-bond donors (Lipinski definition) is 0. The van der Waals surface area contributed by atoms with Crippen LogP contribution in [0, 0.1) is 0 Å². The van der Waals surface area contributed by atoms with Crippen LogP contribution in [0.1, 0.15) is 174 Å². The van der Waals surface area contributed by atoms with Crippen molar-refractivity contribution in [3.63, 3.8) is 0 Å². The molecule has 0 aliphatic heterocycles. The van der Waals surface area contributed by atoms with E-state index < -0.39 is 11.9 Å². The molecule has 6 aromatic carbocycles. The highest BCUT2D eigenvalue weighted by Crippen LogP contribution is 2.26. The second-order valence-electron chi connectivity index (χ2n) is 19.1. The van der Waals surface area contributed by atoms with Crippen LogP contribution >= 0.6 is 0 Å². The minimum Gasteiger partial charge on any atom is -0.494 e. The zero-order valence-corrected chi connectivity index (χ0v) is 44.4. The Hall–Kier alpha value is -7.00. The zero-order chi connectivity index (χ0) is 51.8. The summed E-state index contributed by atoms with van der Waals surface area (Å²) in [6.07, 6.45) is 29.4. The summed E-state index contributed by atoms with van der Waals surface area (Å²) in [5, 5.41) is 0. The van der Waals surface area contributed by atoms with Gasteiger partial charge in [-0.25, -0.2) is 9.59 Å². The lowest BCUT2D eigenvalue weighted by Crippen LogP contribution is -2.09. The Balaban J connectivity index is 0.856. The summed E-state index contributed by atoms with van der Waals surface area (Å²) in [4.78, 5) is 37.1. The number of aliphatic imine (C=N–C) groups is 2. The predicted octanol–water partition coefficient (Wildman–Crippen LogP) is 18.0. The van der Waals surface area contributed by atoms with Gasteiger partial charge in [-0.1, -0.05) is 154 Å². The number of hydrogen-bond acceptors (Lipinski definition) is 9. The summed E-state index contributed by atoms with van der Waals surface area (Å²) in [7, 11) is 2.03. The van der Waals surface area contributed by atoms with E-state index in [1.165, 1.54) is 116 Å². The van der Waals surface area contributed by atoms with E-state index in [4.69, 9.17) is 18.9 Å². The zero-order valence-electron chi connectivity index (χ0n) is 44.4. The van der Waals surface area contributed by atoms with E-state index in [0.29, 0.717) is 35.8 Å². The smallest absolute Gasteiger partial charge is 0.343 e. The van der Waals surface area contributed by atoms with Gasteiger partial charge < -0.3 is 23.8 Å². The van der Waals surface area contributed by atoms with Gasteiger partial charge >= 0.3 is 11.9 Å². The first kappa shape index (κ1) is 56.3. The highest BCUT2D eigenvalue weighted by atomic mass is 16.5. The second-order valence-corrected chi connectivity index (χ2v) is 19.1. The molecule has 0 amide bonds. The average molecular weight is 998 g/mol. The maximum atomic E-state index is 12.8. The molecule has 0 radical (unpaired) electrons. The molecule has 0 N–H and O–H groups in total. The molecular weight excluding hydrogens is 919 g/mol. The molecular formula is C65H79N3O6. The van der Waals surface area contributed by atoms with Gasteiger partial charge in [0.2, 0.25) is 0 Å². The Morgan fingerprint density at radius 1 is 0.378 bits per heavy atom. The number of carbonyl (C=O) groups excluding carboxylic acids is 2. The van der Waals surface area contributed by atoms with Crippen LogP contribution in [0.25, 0.3) is 0 Å². The van der Waals surface area contributed by atoms with Crippen LogP contribution in [0.3, 0.4) is 0 Å². The first-order valence-corrected chi connectivity index (χ1v) is 27.5. The second kappa shape index (κ2) is 32.9. The van der Waals surface area contributed by atoms with Gasteiger partial charge in [0.05, 0.1) is 35.7 Å². The molecule has 0 unspecified atom stereocenters. The molecule has 9 heteroatoms. The maximum Gasteiger partial charge on any atom is 0.343 e. The standard InChI is InChI=1S/C65H79N3O6/c1-4-6-8-10-12-14-16-18-20-22-48-71-60-40-28-54(29-41-60)64(69)73-62-44-32-56(33-45-62)66-50-52-24-36-58(37-25-52)68(3)59-38-26-53(27-39-59)51-67-57-34-46-63(47-35-57)74-65(70)55-30-42-61(43-31-55)72-49-23-21-19-17-15-13-11-9-7-5-2/h24-47,50-51H,4-23,48-49H2,1-3H3. The number of benzene rings is 6. The minimum absolute atomic E-state index is 0.420. The lowest BCUT2D eigenvalue weighted by molar-refractivity contribution is 0.0725. The molecule has 6 aromatic rings. The van der Waals surface area contributed by atoms with Crippen molar-refractivity contribution in [2.45, 2.75) is 142 Å². The topological polar surface area (TPSA) is 99.0 Å². The van der Waals surface area contributed by atoms with Crippen molar-refractivity contribution >= 4 is 47.1 Å². The molecule has 6 rings (SSSR count). The van der Waals surface area contributed by atoms with Gasteiger partial charge in [0.1, 0.15) is 23.0 Å². The Labute approximate surface area is 442 Å². The molecule has 9 nitrogen and oxygen atoms in total. The number of carbonyl (C=O) groups is 2. The first-order chi connectivity index (χ1) is 36.4. The molecule has 0 aliphatic carbocycles. The number of rotatable bonds is 34. The van der Waals surface area contributed by atoms with Crippen LogP contribution in [0.5, 0.6) is 23.0 Å². The van der Waals surface area contributed by atoms with Crippen molar-refractivity contribution < 1.29 is 28.5 Å². The fourth-order valence-electron chi connectivity index (χ4n) is 8.48. The van der Waals surface area contributed by atoms with E-state index in [1.54, 1.807) is 48.5 Å². The number of nitrogens with zero attached hydrogens (tertiary/aromatic N) is 3. The third kappa shape index (κ3) is 20.9. The molecule has 0 aliphatic rings. The van der Waals surface area contributed by atoms with Crippen LogP contribution in [0.15, 0.2) is 156 Å². The van der Waals surface area contributed by atoms with Gasteiger partial charge in [0.25, 0.3) is 0 Å². The Kier molecular flexibility index (Phi) is 25.1.